The standard InChI is InChI=1S/C25H26F3N3O2/c26-25(27,28)33-21-9-7-18-11-14-31(17-20(18)15-21)13-4-3-12-29-24(32)10-8-19-16-30-23-6-2-1-5-22(19)23/h1-2,5-10,15-16,30H,3-4,11-14,17H2,(H,29,32)/b10-8+. The number of unbranched alkanes of at least 4 members (excludes halogenated alkanes) is 1. The van der Waals surface area contributed by atoms with Crippen molar-refractivity contribution in [3.05, 3.63) is 71.4 Å². The predicted molar refractivity (Wildman–Crippen MR) is 122 cm³/mol. The number of halogens is 3. The predicted octanol–water partition coefficient (Wildman–Crippen LogP) is 5.03. The maximum absolute atomic E-state index is 12.5. The van der Waals surface area contributed by atoms with Crippen molar-refractivity contribution in [2.45, 2.75) is 32.2 Å². The Bertz CT molecular complexity index is 1140. The molecule has 174 valence electrons. The molecule has 1 amide bonds. The molecule has 1 aromatic heterocycles. The van der Waals surface area contributed by atoms with Gasteiger partial charge >= 0.3 is 6.36 Å². The largest absolute Gasteiger partial charge is 0.573 e. The van der Waals surface area contributed by atoms with Crippen LogP contribution in [0.3, 0.4) is 0 Å². The van der Waals surface area contributed by atoms with Crippen molar-refractivity contribution in [1.82, 2.24) is 15.2 Å². The second kappa shape index (κ2) is 10.1. The number of nitrogens with zero attached hydrogens (tertiary/aromatic N) is 1. The number of ether oxygens (including phenoxy) is 1. The first-order chi connectivity index (χ1) is 15.9. The van der Waals surface area contributed by atoms with Crippen molar-refractivity contribution in [3.63, 3.8) is 0 Å². The third kappa shape index (κ3) is 6.38. The number of rotatable bonds is 8. The lowest BCUT2D eigenvalue weighted by Gasteiger charge is -2.29. The van der Waals surface area contributed by atoms with E-state index < -0.39 is 6.36 Å². The Morgan fingerprint density at radius 3 is 2.85 bits per heavy atom. The van der Waals surface area contributed by atoms with Crippen LogP contribution < -0.4 is 10.1 Å². The SMILES string of the molecule is O=C(/C=C/c1c[nH]c2ccccc12)NCCCCN1CCc2ccc(OC(F)(F)F)cc2C1. The van der Waals surface area contributed by atoms with Crippen molar-refractivity contribution in [2.75, 3.05) is 19.6 Å². The molecular weight excluding hydrogens is 431 g/mol. The third-order valence-electron chi connectivity index (χ3n) is 5.74. The molecule has 33 heavy (non-hydrogen) atoms. The fourth-order valence-electron chi connectivity index (χ4n) is 4.11. The quantitative estimate of drug-likeness (QED) is 0.368. The highest BCUT2D eigenvalue weighted by Gasteiger charge is 2.31. The van der Waals surface area contributed by atoms with Crippen LogP contribution in [0.5, 0.6) is 5.75 Å². The molecule has 4 rings (SSSR count). The highest BCUT2D eigenvalue weighted by Crippen LogP contribution is 2.28. The minimum absolute atomic E-state index is 0.135. The molecule has 0 spiro atoms. The number of alkyl halides is 3. The third-order valence-corrected chi connectivity index (χ3v) is 5.74. The molecule has 3 aromatic rings. The molecule has 2 aromatic carbocycles. The van der Waals surface area contributed by atoms with E-state index in [2.05, 4.69) is 19.9 Å². The van der Waals surface area contributed by atoms with Crippen molar-refractivity contribution in [1.29, 1.82) is 0 Å². The van der Waals surface area contributed by atoms with Crippen LogP contribution in [-0.2, 0) is 17.8 Å². The molecule has 0 aliphatic carbocycles. The van der Waals surface area contributed by atoms with Gasteiger partial charge in [0.05, 0.1) is 0 Å². The Morgan fingerprint density at radius 2 is 2.00 bits per heavy atom. The summed E-state index contributed by atoms with van der Waals surface area (Å²) in [6, 6.07) is 12.5. The van der Waals surface area contributed by atoms with E-state index in [1.165, 1.54) is 18.2 Å². The summed E-state index contributed by atoms with van der Waals surface area (Å²) in [5, 5.41) is 3.97. The van der Waals surface area contributed by atoms with Gasteiger partial charge in [0.1, 0.15) is 5.75 Å². The number of carbonyl (C=O) groups is 1. The van der Waals surface area contributed by atoms with E-state index in [9.17, 15) is 18.0 Å². The molecule has 1 aliphatic heterocycles. The van der Waals surface area contributed by atoms with Crippen LogP contribution in [0.4, 0.5) is 13.2 Å². The lowest BCUT2D eigenvalue weighted by molar-refractivity contribution is -0.274. The second-order valence-electron chi connectivity index (χ2n) is 8.13. The molecule has 0 unspecified atom stereocenters. The molecule has 2 heterocycles. The average Bonchev–Trinajstić information content (AvgIpc) is 3.19. The van der Waals surface area contributed by atoms with Crippen LogP contribution in [0.15, 0.2) is 54.7 Å². The van der Waals surface area contributed by atoms with Crippen LogP contribution in [0.25, 0.3) is 17.0 Å². The molecule has 8 heteroatoms. The normalized spacial score (nSPS) is 14.5. The van der Waals surface area contributed by atoms with E-state index >= 15 is 0 Å². The van der Waals surface area contributed by atoms with Gasteiger partial charge < -0.3 is 15.0 Å². The van der Waals surface area contributed by atoms with Gasteiger partial charge in [0.2, 0.25) is 5.91 Å². The van der Waals surface area contributed by atoms with Crippen molar-refractivity contribution in [3.8, 4) is 5.75 Å². The van der Waals surface area contributed by atoms with Crippen LogP contribution in [0.1, 0.15) is 29.5 Å². The molecule has 0 atom stereocenters. The molecule has 5 nitrogen and oxygen atoms in total. The van der Waals surface area contributed by atoms with Gasteiger partial charge in [0.15, 0.2) is 0 Å². The Labute approximate surface area is 190 Å². The van der Waals surface area contributed by atoms with Crippen molar-refractivity contribution < 1.29 is 22.7 Å². The summed E-state index contributed by atoms with van der Waals surface area (Å²) in [5.74, 6) is -0.309. The smallest absolute Gasteiger partial charge is 0.406 e. The molecule has 0 fully saturated rings. The topological polar surface area (TPSA) is 57.4 Å². The number of H-pyrrole nitrogens is 1. The molecular formula is C25H26F3N3O2. The number of fused-ring (bicyclic) bond motifs is 2. The van der Waals surface area contributed by atoms with Gasteiger partial charge in [-0.2, -0.15) is 0 Å². The minimum atomic E-state index is -4.68. The van der Waals surface area contributed by atoms with E-state index in [0.717, 1.165) is 59.9 Å². The van der Waals surface area contributed by atoms with Gasteiger partial charge in [-0.3, -0.25) is 9.69 Å². The van der Waals surface area contributed by atoms with Gasteiger partial charge in [-0.1, -0.05) is 24.3 Å². The Morgan fingerprint density at radius 1 is 1.15 bits per heavy atom. The molecule has 0 saturated carbocycles. The number of aromatic amines is 1. The number of para-hydroxylation sites is 1. The van der Waals surface area contributed by atoms with E-state index in [0.29, 0.717) is 13.1 Å². The second-order valence-corrected chi connectivity index (χ2v) is 8.13. The number of carbonyl (C=O) groups excluding carboxylic acids is 1. The number of hydrogen-bond acceptors (Lipinski definition) is 3. The summed E-state index contributed by atoms with van der Waals surface area (Å²) in [6.45, 7) is 2.87. The average molecular weight is 457 g/mol. The number of aromatic nitrogens is 1. The lowest BCUT2D eigenvalue weighted by Crippen LogP contribution is -2.32. The first kappa shape index (κ1) is 22.9. The Kier molecular flexibility index (Phi) is 7.03. The fraction of sp³-hybridized carbons (Fsp3) is 0.320. The summed E-state index contributed by atoms with van der Waals surface area (Å²) in [5.41, 5.74) is 3.94. The highest BCUT2D eigenvalue weighted by molar-refractivity contribution is 5.96. The van der Waals surface area contributed by atoms with Crippen LogP contribution in [0.2, 0.25) is 0 Å². The summed E-state index contributed by atoms with van der Waals surface area (Å²) in [6.07, 6.45) is 3.06. The van der Waals surface area contributed by atoms with Crippen molar-refractivity contribution >= 4 is 22.9 Å². The zero-order chi connectivity index (χ0) is 23.3. The van der Waals surface area contributed by atoms with Gasteiger partial charge in [-0.15, -0.1) is 13.2 Å². The number of benzene rings is 2. The maximum atomic E-state index is 12.5. The molecule has 1 aliphatic rings. The summed E-state index contributed by atoms with van der Waals surface area (Å²) in [7, 11) is 0. The highest BCUT2D eigenvalue weighted by atomic mass is 19.4. The van der Waals surface area contributed by atoms with Crippen LogP contribution >= 0.6 is 0 Å². The first-order valence-electron chi connectivity index (χ1n) is 11.0. The fourth-order valence-corrected chi connectivity index (χ4v) is 4.11. The van der Waals surface area contributed by atoms with Gasteiger partial charge in [-0.25, -0.2) is 0 Å². The minimum Gasteiger partial charge on any atom is -0.406 e. The van der Waals surface area contributed by atoms with Crippen molar-refractivity contribution in [2.24, 2.45) is 0 Å². The van der Waals surface area contributed by atoms with Crippen LogP contribution in [-0.4, -0.2) is 41.8 Å². The molecule has 2 N–H and O–H groups in total. The monoisotopic (exact) mass is 457 g/mol. The number of hydrogen-bond donors (Lipinski definition) is 2. The summed E-state index contributed by atoms with van der Waals surface area (Å²) >= 11 is 0. The maximum Gasteiger partial charge on any atom is 0.573 e. The number of nitrogens with one attached hydrogen (secondary N) is 2. The van der Waals surface area contributed by atoms with E-state index in [-0.39, 0.29) is 11.7 Å². The lowest BCUT2D eigenvalue weighted by atomic mass is 9.99. The zero-order valence-electron chi connectivity index (χ0n) is 18.1. The molecule has 0 saturated heterocycles. The van der Waals surface area contributed by atoms with Crippen LogP contribution in [0, 0.1) is 0 Å². The summed E-state index contributed by atoms with van der Waals surface area (Å²) < 4.78 is 41.4. The first-order valence-corrected chi connectivity index (χ1v) is 11.0. The molecule has 0 radical (unpaired) electrons. The molecule has 0 bridgehead atoms. The Balaban J connectivity index is 1.18. The van der Waals surface area contributed by atoms with Gasteiger partial charge in [0.25, 0.3) is 0 Å². The zero-order valence-corrected chi connectivity index (χ0v) is 18.1. The van der Waals surface area contributed by atoms with E-state index in [4.69, 9.17) is 0 Å². The Hall–Kier alpha value is -3.26. The van der Waals surface area contributed by atoms with Gasteiger partial charge in [-0.05, 0) is 66.8 Å². The number of amides is 1. The van der Waals surface area contributed by atoms with E-state index in [1.807, 2.05) is 30.5 Å². The van der Waals surface area contributed by atoms with Gasteiger partial charge in [0, 0.05) is 42.8 Å². The van der Waals surface area contributed by atoms with E-state index in [1.54, 1.807) is 12.1 Å². The summed E-state index contributed by atoms with van der Waals surface area (Å²) in [4.78, 5) is 17.5.